The summed E-state index contributed by atoms with van der Waals surface area (Å²) in [5, 5.41) is 6.99. The molecule has 1 aliphatic heterocycles. The van der Waals surface area contributed by atoms with E-state index in [1.54, 1.807) is 20.4 Å². The molecule has 4 atom stereocenters. The Morgan fingerprint density at radius 2 is 1.88 bits per heavy atom. The molecule has 1 amide bonds. The topological polar surface area (TPSA) is 109 Å². The maximum absolute atomic E-state index is 13.7. The molecule has 9 nitrogen and oxygen atoms in total. The van der Waals surface area contributed by atoms with Crippen molar-refractivity contribution in [2.24, 2.45) is 11.0 Å². The molecule has 0 aromatic rings. The summed E-state index contributed by atoms with van der Waals surface area (Å²) < 4.78 is 39.9. The summed E-state index contributed by atoms with van der Waals surface area (Å²) in [6, 6.07) is -0.379. The van der Waals surface area contributed by atoms with E-state index < -0.39 is 21.2 Å². The second-order valence-corrected chi connectivity index (χ2v) is 11.4. The van der Waals surface area contributed by atoms with E-state index in [4.69, 9.17) is 9.47 Å². The molecule has 0 bridgehead atoms. The minimum atomic E-state index is -3.64. The van der Waals surface area contributed by atoms with E-state index in [2.05, 4.69) is 15.8 Å². The van der Waals surface area contributed by atoms with Crippen LogP contribution in [-0.2, 0) is 24.3 Å². The largest absolute Gasteiger partial charge is 0.381 e. The summed E-state index contributed by atoms with van der Waals surface area (Å²) in [4.78, 5) is 12.8. The van der Waals surface area contributed by atoms with Crippen molar-refractivity contribution in [1.29, 1.82) is 0 Å². The summed E-state index contributed by atoms with van der Waals surface area (Å²) in [5.74, 6) is -0.124. The van der Waals surface area contributed by atoms with Crippen LogP contribution >= 0.6 is 0 Å². The van der Waals surface area contributed by atoms with Gasteiger partial charge in [-0.1, -0.05) is 19.3 Å². The third-order valence-corrected chi connectivity index (χ3v) is 9.49. The van der Waals surface area contributed by atoms with E-state index in [1.165, 1.54) is 4.31 Å². The number of carbonyl (C=O) groups is 1. The lowest BCUT2D eigenvalue weighted by Gasteiger charge is -2.41. The first-order valence-electron chi connectivity index (χ1n) is 12.0. The molecule has 1 heterocycles. The summed E-state index contributed by atoms with van der Waals surface area (Å²) in [6.45, 7) is 1.62. The fourth-order valence-corrected chi connectivity index (χ4v) is 7.45. The summed E-state index contributed by atoms with van der Waals surface area (Å²) in [6.07, 6.45) is 9.76. The molecule has 32 heavy (non-hydrogen) atoms. The third-order valence-electron chi connectivity index (χ3n) is 7.12. The van der Waals surface area contributed by atoms with E-state index in [0.717, 1.165) is 51.6 Å². The number of ether oxygens (including phenoxy) is 2. The molecule has 0 aromatic heterocycles. The number of rotatable bonds is 9. The average Bonchev–Trinajstić information content (AvgIpc) is 2.83. The van der Waals surface area contributed by atoms with Crippen LogP contribution in [0.15, 0.2) is 5.10 Å². The van der Waals surface area contributed by atoms with Gasteiger partial charge >= 0.3 is 0 Å². The number of nitrogens with zero attached hydrogens (tertiary/aromatic N) is 2. The average molecular weight is 473 g/mol. The number of carbonyl (C=O) groups excluding carboxylic acids is 1. The monoisotopic (exact) mass is 472 g/mol. The Hall–Kier alpha value is -1.07. The number of amides is 1. The highest BCUT2D eigenvalue weighted by Crippen LogP contribution is 2.33. The fraction of sp³-hybridized carbons (Fsp3) is 0.909. The van der Waals surface area contributed by atoms with Crippen LogP contribution in [0.25, 0.3) is 0 Å². The van der Waals surface area contributed by atoms with Crippen LogP contribution in [0.3, 0.4) is 0 Å². The van der Waals surface area contributed by atoms with E-state index >= 15 is 0 Å². The molecule has 2 saturated carbocycles. The first kappa shape index (κ1) is 25.6. The summed E-state index contributed by atoms with van der Waals surface area (Å²) in [5.41, 5.74) is 2.56. The minimum Gasteiger partial charge on any atom is -0.381 e. The Labute approximate surface area is 192 Å². The zero-order chi connectivity index (χ0) is 23.0. The van der Waals surface area contributed by atoms with Crippen LogP contribution in [0.4, 0.5) is 0 Å². The molecule has 0 aromatic carbocycles. The minimum absolute atomic E-state index is 0.0398. The molecular formula is C22H40N4O5S. The van der Waals surface area contributed by atoms with Crippen LogP contribution in [0.5, 0.6) is 0 Å². The van der Waals surface area contributed by atoms with E-state index in [0.29, 0.717) is 25.7 Å². The molecule has 10 heteroatoms. The molecule has 3 aliphatic rings. The number of hydrogen-bond donors (Lipinski definition) is 2. The fourth-order valence-electron chi connectivity index (χ4n) is 5.22. The molecular weight excluding hydrogens is 432 g/mol. The molecule has 0 spiro atoms. The first-order valence-corrected chi connectivity index (χ1v) is 13.5. The lowest BCUT2D eigenvalue weighted by Crippen LogP contribution is -2.56. The predicted molar refractivity (Wildman–Crippen MR) is 124 cm³/mol. The van der Waals surface area contributed by atoms with E-state index in [9.17, 15) is 13.2 Å². The number of sulfonamides is 1. The molecule has 1 saturated heterocycles. The second kappa shape index (κ2) is 12.4. The highest BCUT2D eigenvalue weighted by molar-refractivity contribution is 7.89. The van der Waals surface area contributed by atoms with Crippen LogP contribution in [0.2, 0.25) is 0 Å². The molecule has 0 radical (unpaired) electrons. The number of hydrazone groups is 1. The van der Waals surface area contributed by atoms with Gasteiger partial charge in [0.05, 0.1) is 30.0 Å². The van der Waals surface area contributed by atoms with Crippen molar-refractivity contribution in [3.8, 4) is 0 Å². The molecule has 184 valence electrons. The smallest absolute Gasteiger partial charge is 0.255 e. The van der Waals surface area contributed by atoms with Crippen molar-refractivity contribution in [2.45, 2.75) is 87.7 Å². The van der Waals surface area contributed by atoms with Crippen molar-refractivity contribution >= 4 is 22.1 Å². The van der Waals surface area contributed by atoms with Gasteiger partial charge in [-0.05, 0) is 45.1 Å². The molecule has 3 fully saturated rings. The van der Waals surface area contributed by atoms with Gasteiger partial charge in [0.2, 0.25) is 10.0 Å². The van der Waals surface area contributed by atoms with Crippen LogP contribution in [0.1, 0.15) is 64.2 Å². The quantitative estimate of drug-likeness (QED) is 0.390. The van der Waals surface area contributed by atoms with Crippen LogP contribution in [-0.4, -0.2) is 82.2 Å². The van der Waals surface area contributed by atoms with Gasteiger partial charge in [0.1, 0.15) is 0 Å². The Kier molecular flexibility index (Phi) is 9.91. The third kappa shape index (κ3) is 6.72. The van der Waals surface area contributed by atoms with Crippen molar-refractivity contribution < 1.29 is 22.7 Å². The first-order chi connectivity index (χ1) is 15.5. The zero-order valence-electron chi connectivity index (χ0n) is 19.5. The van der Waals surface area contributed by atoms with Gasteiger partial charge in [-0.2, -0.15) is 9.41 Å². The van der Waals surface area contributed by atoms with Crippen LogP contribution < -0.4 is 10.7 Å². The Balaban J connectivity index is 1.72. The number of piperidine rings is 1. The van der Waals surface area contributed by atoms with Gasteiger partial charge < -0.3 is 14.8 Å². The van der Waals surface area contributed by atoms with Crippen molar-refractivity contribution in [1.82, 2.24) is 15.0 Å². The highest BCUT2D eigenvalue weighted by Gasteiger charge is 2.43. The van der Waals surface area contributed by atoms with Crippen molar-refractivity contribution in [2.75, 3.05) is 33.9 Å². The maximum Gasteiger partial charge on any atom is 0.255 e. The Bertz CT molecular complexity index is 720. The van der Waals surface area contributed by atoms with E-state index in [1.807, 2.05) is 0 Å². The summed E-state index contributed by atoms with van der Waals surface area (Å²) in [7, 11) is -0.373. The molecule has 4 unspecified atom stereocenters. The van der Waals surface area contributed by atoms with Crippen molar-refractivity contribution in [3.05, 3.63) is 0 Å². The zero-order valence-corrected chi connectivity index (χ0v) is 20.3. The molecule has 3 rings (SSSR count). The van der Waals surface area contributed by atoms with Gasteiger partial charge in [-0.3, -0.25) is 4.79 Å². The van der Waals surface area contributed by atoms with Gasteiger partial charge in [-0.15, -0.1) is 0 Å². The lowest BCUT2D eigenvalue weighted by atomic mass is 9.90. The van der Waals surface area contributed by atoms with Gasteiger partial charge in [0.25, 0.3) is 5.91 Å². The summed E-state index contributed by atoms with van der Waals surface area (Å²) >= 11 is 0. The Morgan fingerprint density at radius 1 is 1.09 bits per heavy atom. The Morgan fingerprint density at radius 3 is 2.53 bits per heavy atom. The number of methoxy groups -OCH3 is 2. The van der Waals surface area contributed by atoms with Crippen molar-refractivity contribution in [3.63, 3.8) is 0 Å². The number of hydrogen-bond acceptors (Lipinski definition) is 7. The SMILES string of the molecule is COC1CCC(N(CC(=O)N/N=C/C2CCCNC2)S(=O)(=O)C2CCCCC2)C(OC)C1. The van der Waals surface area contributed by atoms with Gasteiger partial charge in [0, 0.05) is 39.3 Å². The highest BCUT2D eigenvalue weighted by atomic mass is 32.2. The normalized spacial score (nSPS) is 30.6. The second-order valence-electron chi connectivity index (χ2n) is 9.28. The predicted octanol–water partition coefficient (Wildman–Crippen LogP) is 1.64. The van der Waals surface area contributed by atoms with Crippen LogP contribution in [0, 0.1) is 5.92 Å². The lowest BCUT2D eigenvalue weighted by molar-refractivity contribution is -0.122. The van der Waals surface area contributed by atoms with Gasteiger partial charge in [0.15, 0.2) is 0 Å². The standard InChI is InChI=1S/C22H40N4O5S/c1-30-18-10-11-20(21(13-18)31-2)26(32(28,29)19-8-4-3-5-9-19)16-22(27)25-24-15-17-7-6-12-23-14-17/h15,17-21,23H,3-14,16H2,1-2H3,(H,25,27)/b24-15+. The number of nitrogens with one attached hydrogen (secondary N) is 2. The molecule has 2 aliphatic carbocycles. The van der Waals surface area contributed by atoms with Gasteiger partial charge in [-0.25, -0.2) is 13.8 Å². The van der Waals surface area contributed by atoms with E-state index in [-0.39, 0.29) is 30.7 Å². The maximum atomic E-state index is 13.7. The molecule has 2 N–H and O–H groups in total.